The molecule has 0 fully saturated rings. The first-order valence-corrected chi connectivity index (χ1v) is 8.48. The lowest BCUT2D eigenvalue weighted by atomic mass is 10.1. The third kappa shape index (κ3) is 3.26. The smallest absolute Gasteiger partial charge is 0.339 e. The lowest BCUT2D eigenvalue weighted by molar-refractivity contribution is 0.0692. The molecule has 1 N–H and O–H groups in total. The Bertz CT molecular complexity index is 674. The average Bonchev–Trinajstić information content (AvgIpc) is 2.74. The van der Waals surface area contributed by atoms with Gasteiger partial charge in [-0.1, -0.05) is 26.2 Å². The summed E-state index contributed by atoms with van der Waals surface area (Å²) in [5, 5.41) is 10.3. The Labute approximate surface area is 124 Å². The maximum absolute atomic E-state index is 11.8. The molecular weight excluding hydrogens is 292 g/mol. The van der Waals surface area contributed by atoms with Crippen molar-refractivity contribution >= 4 is 21.9 Å². The fourth-order valence-corrected chi connectivity index (χ4v) is 3.43. The molecule has 2 rings (SSSR count). The number of rotatable bonds is 7. The molecule has 0 aromatic heterocycles. The van der Waals surface area contributed by atoms with Gasteiger partial charge in [0.1, 0.15) is 11.3 Å². The van der Waals surface area contributed by atoms with Crippen LogP contribution in [-0.2, 0) is 9.84 Å². The Morgan fingerprint density at radius 2 is 2.00 bits per heavy atom. The summed E-state index contributed by atoms with van der Waals surface area (Å²) in [6.07, 6.45) is 5.41. The molecule has 0 unspecified atom stereocenters. The molecule has 0 spiro atoms. The second-order valence-corrected chi connectivity index (χ2v) is 6.72. The van der Waals surface area contributed by atoms with E-state index >= 15 is 0 Å². The van der Waals surface area contributed by atoms with Gasteiger partial charge in [-0.2, -0.15) is 0 Å². The minimum atomic E-state index is -3.46. The molecule has 0 saturated carbocycles. The molecule has 0 saturated heterocycles. The van der Waals surface area contributed by atoms with Crippen molar-refractivity contribution in [3.8, 4) is 5.75 Å². The minimum Gasteiger partial charge on any atom is -0.492 e. The van der Waals surface area contributed by atoms with Gasteiger partial charge in [-0.3, -0.25) is 0 Å². The first-order valence-electron chi connectivity index (χ1n) is 6.93. The largest absolute Gasteiger partial charge is 0.492 e. The SMILES string of the molecule is CCCCCCOc1c(C(=O)O)ccc2c1C=CS2(=O)=O. The number of hydrogen-bond acceptors (Lipinski definition) is 4. The van der Waals surface area contributed by atoms with E-state index in [-0.39, 0.29) is 16.2 Å². The lowest BCUT2D eigenvalue weighted by Gasteiger charge is -2.12. The molecule has 5 nitrogen and oxygen atoms in total. The second kappa shape index (κ2) is 6.30. The van der Waals surface area contributed by atoms with Crippen molar-refractivity contribution in [2.45, 2.75) is 37.5 Å². The van der Waals surface area contributed by atoms with Gasteiger partial charge in [0, 0.05) is 11.0 Å². The van der Waals surface area contributed by atoms with E-state index < -0.39 is 15.8 Å². The third-order valence-corrected chi connectivity index (χ3v) is 4.81. The molecule has 1 aliphatic heterocycles. The summed E-state index contributed by atoms with van der Waals surface area (Å²) >= 11 is 0. The van der Waals surface area contributed by atoms with Crippen molar-refractivity contribution in [1.29, 1.82) is 0 Å². The van der Waals surface area contributed by atoms with Crippen molar-refractivity contribution in [2.75, 3.05) is 6.61 Å². The molecule has 21 heavy (non-hydrogen) atoms. The summed E-state index contributed by atoms with van der Waals surface area (Å²) in [4.78, 5) is 11.4. The van der Waals surface area contributed by atoms with E-state index in [4.69, 9.17) is 4.74 Å². The van der Waals surface area contributed by atoms with E-state index in [9.17, 15) is 18.3 Å². The summed E-state index contributed by atoms with van der Waals surface area (Å²) in [6.45, 7) is 2.48. The number of sulfone groups is 1. The molecule has 114 valence electrons. The van der Waals surface area contributed by atoms with Crippen molar-refractivity contribution in [2.24, 2.45) is 0 Å². The zero-order chi connectivity index (χ0) is 15.5. The summed E-state index contributed by atoms with van der Waals surface area (Å²) in [5.41, 5.74) is 0.330. The van der Waals surface area contributed by atoms with Crippen molar-refractivity contribution in [3.63, 3.8) is 0 Å². The highest BCUT2D eigenvalue weighted by molar-refractivity contribution is 7.94. The topological polar surface area (TPSA) is 80.7 Å². The summed E-state index contributed by atoms with van der Waals surface area (Å²) in [6, 6.07) is 2.60. The number of unbranched alkanes of at least 4 members (excludes halogenated alkanes) is 3. The van der Waals surface area contributed by atoms with Crippen LogP contribution in [0, 0.1) is 0 Å². The number of fused-ring (bicyclic) bond motifs is 1. The van der Waals surface area contributed by atoms with Crippen LogP contribution in [0.3, 0.4) is 0 Å². The fraction of sp³-hybridized carbons (Fsp3) is 0.400. The number of benzene rings is 1. The molecule has 1 aliphatic rings. The fourth-order valence-electron chi connectivity index (χ4n) is 2.25. The normalized spacial score (nSPS) is 14.9. The molecule has 6 heteroatoms. The predicted molar refractivity (Wildman–Crippen MR) is 79.3 cm³/mol. The quantitative estimate of drug-likeness (QED) is 0.783. The lowest BCUT2D eigenvalue weighted by Crippen LogP contribution is -2.07. The van der Waals surface area contributed by atoms with Gasteiger partial charge < -0.3 is 9.84 Å². The van der Waals surface area contributed by atoms with Crippen LogP contribution in [0.25, 0.3) is 6.08 Å². The molecular formula is C15H18O5S. The first-order chi connectivity index (χ1) is 9.97. The van der Waals surface area contributed by atoms with Crippen LogP contribution in [0.1, 0.15) is 48.5 Å². The zero-order valence-corrected chi connectivity index (χ0v) is 12.6. The van der Waals surface area contributed by atoms with Gasteiger partial charge in [0.25, 0.3) is 0 Å². The molecule has 0 aliphatic carbocycles. The van der Waals surface area contributed by atoms with Gasteiger partial charge in [0.15, 0.2) is 0 Å². The van der Waals surface area contributed by atoms with E-state index in [1.165, 1.54) is 18.2 Å². The van der Waals surface area contributed by atoms with Gasteiger partial charge in [-0.25, -0.2) is 13.2 Å². The number of aromatic carboxylic acids is 1. The Morgan fingerprint density at radius 3 is 2.67 bits per heavy atom. The van der Waals surface area contributed by atoms with Crippen molar-refractivity contribution in [3.05, 3.63) is 28.7 Å². The second-order valence-electron chi connectivity index (χ2n) is 4.92. The highest BCUT2D eigenvalue weighted by atomic mass is 32.2. The van der Waals surface area contributed by atoms with Crippen LogP contribution >= 0.6 is 0 Å². The molecule has 1 heterocycles. The number of hydrogen-bond donors (Lipinski definition) is 1. The maximum Gasteiger partial charge on any atom is 0.339 e. The Hall–Kier alpha value is -1.82. The van der Waals surface area contributed by atoms with E-state index in [2.05, 4.69) is 6.92 Å². The highest BCUT2D eigenvalue weighted by Crippen LogP contribution is 2.36. The van der Waals surface area contributed by atoms with Crippen LogP contribution in [-0.4, -0.2) is 26.1 Å². The number of carboxylic acid groups (broad SMARTS) is 1. The molecule has 0 amide bonds. The molecule has 0 bridgehead atoms. The first kappa shape index (κ1) is 15.6. The molecule has 1 aromatic carbocycles. The van der Waals surface area contributed by atoms with Crippen LogP contribution < -0.4 is 4.74 Å². The monoisotopic (exact) mass is 310 g/mol. The van der Waals surface area contributed by atoms with Gasteiger partial charge >= 0.3 is 5.97 Å². The van der Waals surface area contributed by atoms with Crippen LogP contribution in [0.5, 0.6) is 5.75 Å². The van der Waals surface area contributed by atoms with Gasteiger partial charge in [0.2, 0.25) is 9.84 Å². The van der Waals surface area contributed by atoms with Crippen molar-refractivity contribution < 1.29 is 23.1 Å². The van der Waals surface area contributed by atoms with Gasteiger partial charge in [-0.05, 0) is 24.6 Å². The number of carbonyl (C=O) groups is 1. The van der Waals surface area contributed by atoms with E-state index in [1.54, 1.807) is 0 Å². The minimum absolute atomic E-state index is 0.00834. The molecule has 0 radical (unpaired) electrons. The van der Waals surface area contributed by atoms with Crippen LogP contribution in [0.2, 0.25) is 0 Å². The van der Waals surface area contributed by atoms with Gasteiger partial charge in [-0.15, -0.1) is 0 Å². The number of ether oxygens (including phenoxy) is 1. The standard InChI is InChI=1S/C15H18O5S/c1-2-3-4-5-9-20-14-11-8-10-21(18,19)13(11)7-6-12(14)15(16)17/h6-8,10H,2-5,9H2,1H3,(H,16,17). The zero-order valence-electron chi connectivity index (χ0n) is 11.8. The maximum atomic E-state index is 11.8. The third-order valence-electron chi connectivity index (χ3n) is 3.35. The Kier molecular flexibility index (Phi) is 4.67. The van der Waals surface area contributed by atoms with Crippen LogP contribution in [0.15, 0.2) is 22.4 Å². The molecule has 1 aromatic rings. The van der Waals surface area contributed by atoms with E-state index in [0.717, 1.165) is 31.1 Å². The average molecular weight is 310 g/mol. The van der Waals surface area contributed by atoms with E-state index in [1.807, 2.05) is 0 Å². The van der Waals surface area contributed by atoms with Crippen LogP contribution in [0.4, 0.5) is 0 Å². The highest BCUT2D eigenvalue weighted by Gasteiger charge is 2.27. The van der Waals surface area contributed by atoms with Gasteiger partial charge in [0.05, 0.1) is 11.5 Å². The summed E-state index contributed by atoms with van der Waals surface area (Å²) < 4.78 is 29.2. The van der Waals surface area contributed by atoms with Crippen molar-refractivity contribution in [1.82, 2.24) is 0 Å². The summed E-state index contributed by atoms with van der Waals surface area (Å²) in [7, 11) is -3.46. The number of carboxylic acids is 1. The summed E-state index contributed by atoms with van der Waals surface area (Å²) in [5.74, 6) is -0.979. The Balaban J connectivity index is 2.27. The van der Waals surface area contributed by atoms with E-state index in [0.29, 0.717) is 12.2 Å². The molecule has 0 atom stereocenters. The predicted octanol–water partition coefficient (Wildman–Crippen LogP) is 3.10. The Morgan fingerprint density at radius 1 is 1.24 bits per heavy atom.